The monoisotopic (exact) mass is 341 g/mol. The van der Waals surface area contributed by atoms with Crippen LogP contribution in [0.5, 0.6) is 0 Å². The Morgan fingerprint density at radius 2 is 2.05 bits per heavy atom. The summed E-state index contributed by atoms with van der Waals surface area (Å²) in [5.74, 6) is -0.185. The van der Waals surface area contributed by atoms with Gasteiger partial charge in [0, 0.05) is 10.5 Å². The van der Waals surface area contributed by atoms with Crippen LogP contribution in [0.2, 0.25) is 0 Å². The van der Waals surface area contributed by atoms with Gasteiger partial charge in [0.15, 0.2) is 0 Å². The van der Waals surface area contributed by atoms with E-state index in [4.69, 9.17) is 0 Å². The van der Waals surface area contributed by atoms with E-state index in [9.17, 15) is 4.39 Å². The first-order valence-corrected chi connectivity index (χ1v) is 8.10. The zero-order chi connectivity index (χ0) is 13.7. The van der Waals surface area contributed by atoms with Gasteiger partial charge in [-0.2, -0.15) is 11.3 Å². The van der Waals surface area contributed by atoms with Crippen LogP contribution in [-0.2, 0) is 12.8 Å². The van der Waals surface area contributed by atoms with Crippen LogP contribution in [0.3, 0.4) is 0 Å². The summed E-state index contributed by atoms with van der Waals surface area (Å²) in [6, 6.07) is 7.58. The number of hydrogen-bond donors (Lipinski definition) is 1. The molecule has 1 aromatic carbocycles. The summed E-state index contributed by atoms with van der Waals surface area (Å²) in [6.45, 7) is 3.02. The zero-order valence-corrected chi connectivity index (χ0v) is 13.2. The Hall–Kier alpha value is -0.710. The highest BCUT2D eigenvalue weighted by Crippen LogP contribution is 2.18. The molecule has 0 aliphatic rings. The highest BCUT2D eigenvalue weighted by molar-refractivity contribution is 9.10. The maximum atomic E-state index is 13.4. The van der Waals surface area contributed by atoms with Gasteiger partial charge in [-0.05, 0) is 65.5 Å². The van der Waals surface area contributed by atoms with Gasteiger partial charge in [0.25, 0.3) is 0 Å². The van der Waals surface area contributed by atoms with Crippen LogP contribution in [0, 0.1) is 5.82 Å². The molecule has 4 heteroatoms. The Morgan fingerprint density at radius 1 is 1.26 bits per heavy atom. The van der Waals surface area contributed by atoms with Gasteiger partial charge < -0.3 is 5.32 Å². The molecule has 1 heterocycles. The first-order chi connectivity index (χ1) is 9.17. The highest BCUT2D eigenvalue weighted by atomic mass is 79.9. The van der Waals surface area contributed by atoms with Crippen LogP contribution >= 0.6 is 27.3 Å². The molecule has 0 bridgehead atoms. The van der Waals surface area contributed by atoms with Crippen molar-refractivity contribution in [1.29, 1.82) is 0 Å². The van der Waals surface area contributed by atoms with E-state index in [0.29, 0.717) is 6.04 Å². The quantitative estimate of drug-likeness (QED) is 0.820. The predicted molar refractivity (Wildman–Crippen MR) is 83.3 cm³/mol. The van der Waals surface area contributed by atoms with Crippen molar-refractivity contribution in [3.8, 4) is 0 Å². The van der Waals surface area contributed by atoms with Crippen molar-refractivity contribution in [2.75, 3.05) is 6.54 Å². The lowest BCUT2D eigenvalue weighted by Gasteiger charge is -2.17. The first kappa shape index (κ1) is 14.7. The number of hydrogen-bond acceptors (Lipinski definition) is 2. The van der Waals surface area contributed by atoms with Crippen LogP contribution in [0.15, 0.2) is 39.5 Å². The second kappa shape index (κ2) is 7.17. The zero-order valence-electron chi connectivity index (χ0n) is 10.8. The highest BCUT2D eigenvalue weighted by Gasteiger charge is 2.11. The van der Waals surface area contributed by atoms with E-state index in [1.54, 1.807) is 17.4 Å². The predicted octanol–water partition coefficient (Wildman–Crippen LogP) is 4.41. The molecule has 0 fully saturated rings. The minimum Gasteiger partial charge on any atom is -0.314 e. The molecule has 0 amide bonds. The third-order valence-electron chi connectivity index (χ3n) is 2.96. The molecule has 0 aliphatic carbocycles. The van der Waals surface area contributed by atoms with Crippen LogP contribution in [-0.4, -0.2) is 12.6 Å². The fourth-order valence-electron chi connectivity index (χ4n) is 2.21. The standard InChI is InChI=1S/C15H17BrFNS/c1-2-18-15(7-11-3-4-19-10-11)8-12-5-13(16)9-14(17)6-12/h3-6,9-10,15,18H,2,7-8H2,1H3. The number of nitrogens with one attached hydrogen (secondary N) is 1. The third-order valence-corrected chi connectivity index (χ3v) is 4.15. The maximum Gasteiger partial charge on any atom is 0.124 e. The van der Waals surface area contributed by atoms with Crippen molar-refractivity contribution >= 4 is 27.3 Å². The molecular formula is C15H17BrFNS. The normalized spacial score (nSPS) is 12.6. The number of likely N-dealkylation sites (N-methyl/N-ethyl adjacent to an activating group) is 1. The molecule has 0 aliphatic heterocycles. The van der Waals surface area contributed by atoms with Gasteiger partial charge >= 0.3 is 0 Å². The van der Waals surface area contributed by atoms with Crippen LogP contribution < -0.4 is 5.32 Å². The maximum absolute atomic E-state index is 13.4. The van der Waals surface area contributed by atoms with Crippen molar-refractivity contribution in [3.05, 3.63) is 56.4 Å². The van der Waals surface area contributed by atoms with E-state index in [1.807, 2.05) is 6.07 Å². The lowest BCUT2D eigenvalue weighted by Crippen LogP contribution is -2.32. The van der Waals surface area contributed by atoms with Gasteiger partial charge in [0.2, 0.25) is 0 Å². The SMILES string of the molecule is CCNC(Cc1ccsc1)Cc1cc(F)cc(Br)c1. The van der Waals surface area contributed by atoms with Gasteiger partial charge in [0.05, 0.1) is 0 Å². The Bertz CT molecular complexity index is 493. The molecule has 1 N–H and O–H groups in total. The summed E-state index contributed by atoms with van der Waals surface area (Å²) >= 11 is 5.06. The average Bonchev–Trinajstić information content (AvgIpc) is 2.80. The summed E-state index contributed by atoms with van der Waals surface area (Å²) in [4.78, 5) is 0. The molecular weight excluding hydrogens is 325 g/mol. The lowest BCUT2D eigenvalue weighted by atomic mass is 10.0. The molecule has 2 aromatic rings. The van der Waals surface area contributed by atoms with Gasteiger partial charge in [0.1, 0.15) is 5.82 Å². The molecule has 1 unspecified atom stereocenters. The van der Waals surface area contributed by atoms with E-state index in [2.05, 4.69) is 45.0 Å². The van der Waals surface area contributed by atoms with E-state index in [0.717, 1.165) is 29.4 Å². The van der Waals surface area contributed by atoms with Gasteiger partial charge in [-0.1, -0.05) is 22.9 Å². The molecule has 0 spiro atoms. The average molecular weight is 342 g/mol. The Balaban J connectivity index is 2.07. The molecule has 0 saturated carbocycles. The van der Waals surface area contributed by atoms with Crippen molar-refractivity contribution in [2.24, 2.45) is 0 Å². The molecule has 1 atom stereocenters. The van der Waals surface area contributed by atoms with Crippen molar-refractivity contribution in [3.63, 3.8) is 0 Å². The molecule has 1 aromatic heterocycles. The van der Waals surface area contributed by atoms with Crippen LogP contribution in [0.25, 0.3) is 0 Å². The molecule has 19 heavy (non-hydrogen) atoms. The number of benzene rings is 1. The van der Waals surface area contributed by atoms with E-state index in [1.165, 1.54) is 11.6 Å². The van der Waals surface area contributed by atoms with Gasteiger partial charge in [-0.3, -0.25) is 0 Å². The summed E-state index contributed by atoms with van der Waals surface area (Å²) < 4.78 is 14.2. The summed E-state index contributed by atoms with van der Waals surface area (Å²) in [5.41, 5.74) is 2.36. The number of thiophene rings is 1. The van der Waals surface area contributed by atoms with Crippen LogP contribution in [0.4, 0.5) is 4.39 Å². The van der Waals surface area contributed by atoms with E-state index in [-0.39, 0.29) is 5.82 Å². The lowest BCUT2D eigenvalue weighted by molar-refractivity contribution is 0.520. The summed E-state index contributed by atoms with van der Waals surface area (Å²) in [6.07, 6.45) is 1.81. The fraction of sp³-hybridized carbons (Fsp3) is 0.333. The van der Waals surface area contributed by atoms with E-state index < -0.39 is 0 Å². The van der Waals surface area contributed by atoms with Crippen molar-refractivity contribution in [2.45, 2.75) is 25.8 Å². The number of halogens is 2. The molecule has 102 valence electrons. The smallest absolute Gasteiger partial charge is 0.124 e. The summed E-state index contributed by atoms with van der Waals surface area (Å²) in [7, 11) is 0. The third kappa shape index (κ3) is 4.71. The molecule has 0 saturated heterocycles. The Labute approximate surface area is 126 Å². The first-order valence-electron chi connectivity index (χ1n) is 6.37. The Kier molecular flexibility index (Phi) is 5.55. The van der Waals surface area contributed by atoms with E-state index >= 15 is 0 Å². The minimum atomic E-state index is -0.185. The van der Waals surface area contributed by atoms with Crippen LogP contribution in [0.1, 0.15) is 18.1 Å². The van der Waals surface area contributed by atoms with Gasteiger partial charge in [-0.15, -0.1) is 0 Å². The number of rotatable bonds is 6. The topological polar surface area (TPSA) is 12.0 Å². The second-order valence-corrected chi connectivity index (χ2v) is 6.27. The largest absolute Gasteiger partial charge is 0.314 e. The van der Waals surface area contributed by atoms with Gasteiger partial charge in [-0.25, -0.2) is 4.39 Å². The minimum absolute atomic E-state index is 0.185. The molecule has 0 radical (unpaired) electrons. The Morgan fingerprint density at radius 3 is 2.68 bits per heavy atom. The summed E-state index contributed by atoms with van der Waals surface area (Å²) in [5, 5.41) is 7.74. The van der Waals surface area contributed by atoms with Crippen molar-refractivity contribution < 1.29 is 4.39 Å². The second-order valence-electron chi connectivity index (χ2n) is 4.57. The molecule has 2 rings (SSSR count). The molecule has 1 nitrogen and oxygen atoms in total. The van der Waals surface area contributed by atoms with Crippen molar-refractivity contribution in [1.82, 2.24) is 5.32 Å². The fourth-order valence-corrected chi connectivity index (χ4v) is 3.41.